The molecule has 0 spiro atoms. The topological polar surface area (TPSA) is 50.7 Å². The standard InChI is InChI=1S/C13H15ClN4/c1-2-3-11-8-12(18-13(14)17-11)16-9-10-4-6-15-7-5-10/h4-8H,2-3,9H2,1H3,(H,16,17,18). The van der Waals surface area contributed by atoms with Crippen LogP contribution in [0, 0.1) is 0 Å². The van der Waals surface area contributed by atoms with Gasteiger partial charge in [-0.25, -0.2) is 9.97 Å². The second-order valence-electron chi connectivity index (χ2n) is 3.97. The van der Waals surface area contributed by atoms with Crippen molar-refractivity contribution in [1.29, 1.82) is 0 Å². The maximum Gasteiger partial charge on any atom is 0.224 e. The lowest BCUT2D eigenvalue weighted by Gasteiger charge is -2.07. The summed E-state index contributed by atoms with van der Waals surface area (Å²) in [4.78, 5) is 12.3. The Morgan fingerprint density at radius 1 is 1.22 bits per heavy atom. The highest BCUT2D eigenvalue weighted by Gasteiger charge is 2.02. The summed E-state index contributed by atoms with van der Waals surface area (Å²) in [5.41, 5.74) is 2.12. The minimum atomic E-state index is 0.290. The van der Waals surface area contributed by atoms with Crippen molar-refractivity contribution in [3.63, 3.8) is 0 Å². The normalized spacial score (nSPS) is 10.3. The molecule has 0 aliphatic carbocycles. The van der Waals surface area contributed by atoms with Gasteiger partial charge in [-0.15, -0.1) is 0 Å². The summed E-state index contributed by atoms with van der Waals surface area (Å²) in [7, 11) is 0. The minimum absolute atomic E-state index is 0.290. The Labute approximate surface area is 111 Å². The Kier molecular flexibility index (Phi) is 4.47. The summed E-state index contributed by atoms with van der Waals surface area (Å²) in [6, 6.07) is 5.86. The molecule has 0 aromatic carbocycles. The second-order valence-corrected chi connectivity index (χ2v) is 4.31. The van der Waals surface area contributed by atoms with Crippen LogP contribution in [0.15, 0.2) is 30.6 Å². The van der Waals surface area contributed by atoms with Crippen LogP contribution in [0.5, 0.6) is 0 Å². The molecule has 2 aromatic heterocycles. The van der Waals surface area contributed by atoms with Crippen LogP contribution < -0.4 is 5.32 Å². The zero-order chi connectivity index (χ0) is 12.8. The zero-order valence-electron chi connectivity index (χ0n) is 10.2. The van der Waals surface area contributed by atoms with E-state index in [-0.39, 0.29) is 5.28 Å². The molecule has 2 heterocycles. The van der Waals surface area contributed by atoms with Gasteiger partial charge in [0.15, 0.2) is 0 Å². The van der Waals surface area contributed by atoms with Crippen LogP contribution in [-0.4, -0.2) is 15.0 Å². The van der Waals surface area contributed by atoms with E-state index in [9.17, 15) is 0 Å². The summed E-state index contributed by atoms with van der Waals surface area (Å²) in [5, 5.41) is 3.53. The molecular formula is C13H15ClN4. The highest BCUT2D eigenvalue weighted by atomic mass is 35.5. The number of halogens is 1. The average Bonchev–Trinajstić information content (AvgIpc) is 2.37. The summed E-state index contributed by atoms with van der Waals surface area (Å²) in [6.45, 7) is 2.81. The quantitative estimate of drug-likeness (QED) is 0.842. The molecule has 4 nitrogen and oxygen atoms in total. The lowest BCUT2D eigenvalue weighted by atomic mass is 10.2. The maximum absolute atomic E-state index is 5.90. The fraction of sp³-hybridized carbons (Fsp3) is 0.308. The highest BCUT2D eigenvalue weighted by molar-refractivity contribution is 6.28. The number of pyridine rings is 1. The van der Waals surface area contributed by atoms with Crippen LogP contribution in [0.1, 0.15) is 24.6 Å². The molecule has 0 saturated heterocycles. The van der Waals surface area contributed by atoms with Crippen LogP contribution in [0.25, 0.3) is 0 Å². The molecule has 0 saturated carbocycles. The largest absolute Gasteiger partial charge is 0.366 e. The van der Waals surface area contributed by atoms with Gasteiger partial charge in [-0.1, -0.05) is 13.3 Å². The van der Waals surface area contributed by atoms with Crippen LogP contribution in [0.2, 0.25) is 5.28 Å². The molecule has 1 N–H and O–H groups in total. The third-order valence-electron chi connectivity index (χ3n) is 2.48. The smallest absolute Gasteiger partial charge is 0.224 e. The lowest BCUT2D eigenvalue weighted by Crippen LogP contribution is -2.04. The van der Waals surface area contributed by atoms with Gasteiger partial charge < -0.3 is 5.32 Å². The second kappa shape index (κ2) is 6.31. The first-order chi connectivity index (χ1) is 8.78. The van der Waals surface area contributed by atoms with Gasteiger partial charge in [0, 0.05) is 30.7 Å². The fourth-order valence-electron chi connectivity index (χ4n) is 1.63. The van der Waals surface area contributed by atoms with Crippen LogP contribution >= 0.6 is 11.6 Å². The summed E-state index contributed by atoms with van der Waals surface area (Å²) in [6.07, 6.45) is 5.49. The van der Waals surface area contributed by atoms with E-state index in [4.69, 9.17) is 11.6 Å². The minimum Gasteiger partial charge on any atom is -0.366 e. The van der Waals surface area contributed by atoms with E-state index in [1.54, 1.807) is 12.4 Å². The number of nitrogens with zero attached hydrogens (tertiary/aromatic N) is 3. The van der Waals surface area contributed by atoms with E-state index < -0.39 is 0 Å². The van der Waals surface area contributed by atoms with Crippen molar-refractivity contribution in [2.24, 2.45) is 0 Å². The molecule has 94 valence electrons. The number of nitrogens with one attached hydrogen (secondary N) is 1. The van der Waals surface area contributed by atoms with Gasteiger partial charge in [0.1, 0.15) is 5.82 Å². The molecule has 0 aliphatic rings. The first-order valence-electron chi connectivity index (χ1n) is 5.94. The van der Waals surface area contributed by atoms with Crippen molar-refractivity contribution < 1.29 is 0 Å². The Morgan fingerprint density at radius 3 is 2.72 bits per heavy atom. The fourth-order valence-corrected chi connectivity index (χ4v) is 1.83. The third kappa shape index (κ3) is 3.67. The molecular weight excluding hydrogens is 248 g/mol. The Bertz CT molecular complexity index is 502. The van der Waals surface area contributed by atoms with Gasteiger partial charge in [0.05, 0.1) is 0 Å². The van der Waals surface area contributed by atoms with E-state index in [0.717, 1.165) is 29.9 Å². The number of anilines is 1. The van der Waals surface area contributed by atoms with Crippen molar-refractivity contribution in [2.45, 2.75) is 26.3 Å². The predicted molar refractivity (Wildman–Crippen MR) is 72.6 cm³/mol. The van der Waals surface area contributed by atoms with Crippen molar-refractivity contribution >= 4 is 17.4 Å². The van der Waals surface area contributed by atoms with E-state index >= 15 is 0 Å². The number of aromatic nitrogens is 3. The number of rotatable bonds is 5. The van der Waals surface area contributed by atoms with E-state index in [0.29, 0.717) is 6.54 Å². The lowest BCUT2D eigenvalue weighted by molar-refractivity contribution is 0.871. The predicted octanol–water partition coefficient (Wildman–Crippen LogP) is 3.09. The van der Waals surface area contributed by atoms with Gasteiger partial charge in [-0.2, -0.15) is 0 Å². The molecule has 0 amide bonds. The molecule has 0 radical (unpaired) electrons. The molecule has 18 heavy (non-hydrogen) atoms. The summed E-state index contributed by atoms with van der Waals surface area (Å²) >= 11 is 5.90. The van der Waals surface area contributed by atoms with Gasteiger partial charge in [-0.3, -0.25) is 4.98 Å². The van der Waals surface area contributed by atoms with E-state index in [1.165, 1.54) is 0 Å². The van der Waals surface area contributed by atoms with Crippen molar-refractivity contribution in [3.05, 3.63) is 47.1 Å². The number of hydrogen-bond donors (Lipinski definition) is 1. The molecule has 0 fully saturated rings. The molecule has 2 aromatic rings. The Hall–Kier alpha value is -1.68. The molecule has 5 heteroatoms. The van der Waals surface area contributed by atoms with Crippen LogP contribution in [-0.2, 0) is 13.0 Å². The number of hydrogen-bond acceptors (Lipinski definition) is 4. The van der Waals surface area contributed by atoms with Crippen LogP contribution in [0.3, 0.4) is 0 Å². The summed E-state index contributed by atoms with van der Waals surface area (Å²) < 4.78 is 0. The van der Waals surface area contributed by atoms with Crippen molar-refractivity contribution in [3.8, 4) is 0 Å². The first-order valence-corrected chi connectivity index (χ1v) is 6.32. The van der Waals surface area contributed by atoms with E-state index in [2.05, 4.69) is 27.2 Å². The van der Waals surface area contributed by atoms with Gasteiger partial charge >= 0.3 is 0 Å². The third-order valence-corrected chi connectivity index (χ3v) is 2.65. The zero-order valence-corrected chi connectivity index (χ0v) is 11.0. The van der Waals surface area contributed by atoms with Gasteiger partial charge in [0.2, 0.25) is 5.28 Å². The highest BCUT2D eigenvalue weighted by Crippen LogP contribution is 2.13. The maximum atomic E-state index is 5.90. The number of aryl methyl sites for hydroxylation is 1. The molecule has 0 unspecified atom stereocenters. The molecule has 2 rings (SSSR count). The molecule has 0 atom stereocenters. The average molecular weight is 263 g/mol. The van der Waals surface area contributed by atoms with Gasteiger partial charge in [0.25, 0.3) is 0 Å². The Morgan fingerprint density at radius 2 is 2.00 bits per heavy atom. The van der Waals surface area contributed by atoms with E-state index in [1.807, 2.05) is 18.2 Å². The first kappa shape index (κ1) is 12.8. The monoisotopic (exact) mass is 262 g/mol. The molecule has 0 aliphatic heterocycles. The van der Waals surface area contributed by atoms with Crippen molar-refractivity contribution in [2.75, 3.05) is 5.32 Å². The van der Waals surface area contributed by atoms with Crippen LogP contribution in [0.4, 0.5) is 5.82 Å². The molecule has 0 bridgehead atoms. The SMILES string of the molecule is CCCc1cc(NCc2ccncc2)nc(Cl)n1. The Balaban J connectivity index is 2.05. The summed E-state index contributed by atoms with van der Waals surface area (Å²) in [5.74, 6) is 0.760. The van der Waals surface area contributed by atoms with Crippen molar-refractivity contribution in [1.82, 2.24) is 15.0 Å². The van der Waals surface area contributed by atoms with Gasteiger partial charge in [-0.05, 0) is 35.7 Å².